The van der Waals surface area contributed by atoms with Crippen molar-refractivity contribution in [2.75, 3.05) is 6.54 Å². The molecule has 19 heavy (non-hydrogen) atoms. The molecule has 1 N–H and O–H groups in total. The summed E-state index contributed by atoms with van der Waals surface area (Å²) in [6.07, 6.45) is 0. The number of carbonyl (C=O) groups excluding carboxylic acids is 1. The molecule has 0 atom stereocenters. The normalized spacial score (nSPS) is 10.4. The van der Waals surface area contributed by atoms with E-state index in [4.69, 9.17) is 0 Å². The maximum absolute atomic E-state index is 11.8. The number of nitrogens with one attached hydrogen (secondary N) is 1. The van der Waals surface area contributed by atoms with Gasteiger partial charge in [-0.25, -0.2) is 4.68 Å². The molecule has 0 fully saturated rings. The Kier molecular flexibility index (Phi) is 4.00. The van der Waals surface area contributed by atoms with Crippen molar-refractivity contribution in [1.82, 2.24) is 24.7 Å². The lowest BCUT2D eigenvalue weighted by atomic mass is 10.4. The fourth-order valence-corrected chi connectivity index (χ4v) is 2.08. The average Bonchev–Trinajstić information content (AvgIpc) is 2.80. The molecule has 0 saturated carbocycles. The van der Waals surface area contributed by atoms with Gasteiger partial charge >= 0.3 is 0 Å². The van der Waals surface area contributed by atoms with Crippen molar-refractivity contribution in [3.8, 4) is 0 Å². The van der Waals surface area contributed by atoms with Gasteiger partial charge in [-0.05, 0) is 31.4 Å². The minimum Gasteiger partial charge on any atom is -0.349 e. The summed E-state index contributed by atoms with van der Waals surface area (Å²) in [6, 6.07) is 3.12. The highest BCUT2D eigenvalue weighted by molar-refractivity contribution is 7.07. The predicted octanol–water partition coefficient (Wildman–Crippen LogP) is 0.142. The molecule has 0 aliphatic carbocycles. The van der Waals surface area contributed by atoms with Crippen molar-refractivity contribution < 1.29 is 4.79 Å². The molecule has 0 spiro atoms. The van der Waals surface area contributed by atoms with Gasteiger partial charge in [-0.1, -0.05) is 4.49 Å². The Morgan fingerprint density at radius 2 is 2.21 bits per heavy atom. The first-order valence-corrected chi connectivity index (χ1v) is 6.47. The number of aromatic nitrogens is 4. The summed E-state index contributed by atoms with van der Waals surface area (Å²) in [5.41, 5.74) is 1.18. The molecule has 0 unspecified atom stereocenters. The van der Waals surface area contributed by atoms with Gasteiger partial charge in [0.05, 0.1) is 17.9 Å². The molecule has 2 rings (SSSR count). The fourth-order valence-electron chi connectivity index (χ4n) is 1.51. The van der Waals surface area contributed by atoms with Crippen LogP contribution in [0.2, 0.25) is 0 Å². The molecule has 0 radical (unpaired) electrons. The number of amides is 1. The van der Waals surface area contributed by atoms with Gasteiger partial charge in [-0.3, -0.25) is 9.59 Å². The van der Waals surface area contributed by atoms with Gasteiger partial charge in [-0.2, -0.15) is 5.10 Å². The largest absolute Gasteiger partial charge is 0.349 e. The Morgan fingerprint density at radius 3 is 2.89 bits per heavy atom. The number of hydrogen-bond acceptors (Lipinski definition) is 6. The second kappa shape index (κ2) is 5.70. The molecule has 0 saturated heterocycles. The molecular formula is C11H13N5O2S. The van der Waals surface area contributed by atoms with Crippen molar-refractivity contribution in [3.05, 3.63) is 38.8 Å². The summed E-state index contributed by atoms with van der Waals surface area (Å²) in [6.45, 7) is 4.19. The van der Waals surface area contributed by atoms with Gasteiger partial charge in [0.1, 0.15) is 4.88 Å². The molecule has 0 aromatic carbocycles. The van der Waals surface area contributed by atoms with Crippen molar-refractivity contribution >= 4 is 17.4 Å². The van der Waals surface area contributed by atoms with Crippen molar-refractivity contribution in [2.45, 2.75) is 20.4 Å². The smallest absolute Gasteiger partial charge is 0.266 e. The molecule has 0 aliphatic heterocycles. The van der Waals surface area contributed by atoms with E-state index in [0.29, 0.717) is 23.7 Å². The molecule has 7 nitrogen and oxygen atoms in total. The van der Waals surface area contributed by atoms with Crippen LogP contribution in [0, 0.1) is 13.8 Å². The molecule has 100 valence electrons. The highest BCUT2D eigenvalue weighted by Gasteiger charge is 2.12. The minimum atomic E-state index is -0.229. The molecular weight excluding hydrogens is 266 g/mol. The summed E-state index contributed by atoms with van der Waals surface area (Å²) >= 11 is 1.05. The van der Waals surface area contributed by atoms with Gasteiger partial charge in [0.15, 0.2) is 0 Å². The zero-order valence-corrected chi connectivity index (χ0v) is 11.4. The van der Waals surface area contributed by atoms with Gasteiger partial charge in [0.25, 0.3) is 11.5 Å². The highest BCUT2D eigenvalue weighted by Crippen LogP contribution is 2.07. The van der Waals surface area contributed by atoms with E-state index in [-0.39, 0.29) is 11.5 Å². The highest BCUT2D eigenvalue weighted by atomic mass is 32.1. The first kappa shape index (κ1) is 13.3. The Bertz CT molecular complexity index is 649. The summed E-state index contributed by atoms with van der Waals surface area (Å²) in [7, 11) is 0. The standard InChI is InChI=1S/C11H13N5O2S/c1-7-3-4-9(17)16(14-7)6-5-12-11(18)10-8(2)13-15-19-10/h3-4H,5-6H2,1-2H3,(H,12,18). The van der Waals surface area contributed by atoms with E-state index in [1.54, 1.807) is 19.9 Å². The number of hydrogen-bond donors (Lipinski definition) is 1. The van der Waals surface area contributed by atoms with Crippen molar-refractivity contribution in [2.24, 2.45) is 0 Å². The summed E-state index contributed by atoms with van der Waals surface area (Å²) in [5.74, 6) is -0.229. The van der Waals surface area contributed by atoms with Crippen molar-refractivity contribution in [1.29, 1.82) is 0 Å². The predicted molar refractivity (Wildman–Crippen MR) is 70.2 cm³/mol. The molecule has 8 heteroatoms. The molecule has 1 amide bonds. The zero-order chi connectivity index (χ0) is 13.8. The lowest BCUT2D eigenvalue weighted by Gasteiger charge is -2.06. The van der Waals surface area contributed by atoms with Crippen LogP contribution < -0.4 is 10.9 Å². The van der Waals surface area contributed by atoms with Gasteiger partial charge in [0, 0.05) is 12.6 Å². The van der Waals surface area contributed by atoms with Crippen LogP contribution >= 0.6 is 11.5 Å². The Labute approximate surface area is 113 Å². The van der Waals surface area contributed by atoms with Crippen LogP contribution in [0.3, 0.4) is 0 Å². The maximum Gasteiger partial charge on any atom is 0.266 e. The van der Waals surface area contributed by atoms with E-state index in [9.17, 15) is 9.59 Å². The van der Waals surface area contributed by atoms with E-state index >= 15 is 0 Å². The van der Waals surface area contributed by atoms with E-state index in [0.717, 1.165) is 17.2 Å². The SMILES string of the molecule is Cc1ccc(=O)n(CCNC(=O)c2snnc2C)n1. The van der Waals surface area contributed by atoms with E-state index in [1.807, 2.05) is 0 Å². The fraction of sp³-hybridized carbons (Fsp3) is 0.364. The lowest BCUT2D eigenvalue weighted by molar-refractivity contribution is 0.0955. The van der Waals surface area contributed by atoms with Crippen LogP contribution in [-0.2, 0) is 6.54 Å². The van der Waals surface area contributed by atoms with Gasteiger partial charge in [0.2, 0.25) is 0 Å². The first-order chi connectivity index (χ1) is 9.08. The summed E-state index contributed by atoms with van der Waals surface area (Å²) in [5, 5.41) is 10.6. The molecule has 2 aromatic rings. The van der Waals surface area contributed by atoms with Crippen molar-refractivity contribution in [3.63, 3.8) is 0 Å². The molecule has 2 aromatic heterocycles. The summed E-state index contributed by atoms with van der Waals surface area (Å²) in [4.78, 5) is 23.8. The van der Waals surface area contributed by atoms with Crippen LogP contribution in [-0.4, -0.2) is 31.8 Å². The topological polar surface area (TPSA) is 89.8 Å². The third-order valence-electron chi connectivity index (χ3n) is 2.47. The van der Waals surface area contributed by atoms with Gasteiger partial charge < -0.3 is 5.32 Å². The number of rotatable bonds is 4. The molecule has 0 aliphatic rings. The second-order valence-electron chi connectivity index (χ2n) is 3.98. The van der Waals surface area contributed by atoms with Crippen LogP contribution in [0.1, 0.15) is 21.1 Å². The quantitative estimate of drug-likeness (QED) is 0.860. The Hall–Kier alpha value is -2.09. The van der Waals surface area contributed by atoms with E-state index in [2.05, 4.69) is 20.0 Å². The average molecular weight is 279 g/mol. The number of aryl methyl sites for hydroxylation is 2. The van der Waals surface area contributed by atoms with Gasteiger partial charge in [-0.15, -0.1) is 5.10 Å². The third kappa shape index (κ3) is 3.22. The van der Waals surface area contributed by atoms with Crippen LogP contribution in [0.5, 0.6) is 0 Å². The van der Waals surface area contributed by atoms with E-state index in [1.165, 1.54) is 10.7 Å². The minimum absolute atomic E-state index is 0.185. The Morgan fingerprint density at radius 1 is 1.42 bits per heavy atom. The van der Waals surface area contributed by atoms with Crippen LogP contribution in [0.25, 0.3) is 0 Å². The number of carbonyl (C=O) groups is 1. The molecule has 0 bridgehead atoms. The molecule has 2 heterocycles. The lowest BCUT2D eigenvalue weighted by Crippen LogP contribution is -2.31. The van der Waals surface area contributed by atoms with Crippen LogP contribution in [0.4, 0.5) is 0 Å². The summed E-state index contributed by atoms with van der Waals surface area (Å²) < 4.78 is 5.02. The zero-order valence-electron chi connectivity index (χ0n) is 10.6. The maximum atomic E-state index is 11.8. The second-order valence-corrected chi connectivity index (χ2v) is 4.73. The first-order valence-electron chi connectivity index (χ1n) is 5.70. The monoisotopic (exact) mass is 279 g/mol. The number of nitrogens with zero attached hydrogens (tertiary/aromatic N) is 4. The van der Waals surface area contributed by atoms with E-state index < -0.39 is 0 Å². The third-order valence-corrected chi connectivity index (χ3v) is 3.29. The van der Waals surface area contributed by atoms with Crippen LogP contribution in [0.15, 0.2) is 16.9 Å². The Balaban J connectivity index is 1.94.